The minimum atomic E-state index is -0.00456. The number of rotatable bonds is 4. The smallest absolute Gasteiger partial charge is 0.272 e. The van der Waals surface area contributed by atoms with Crippen LogP contribution in [0.1, 0.15) is 54.8 Å². The molecule has 0 saturated carbocycles. The number of hydrogen-bond donors (Lipinski definition) is 0. The van der Waals surface area contributed by atoms with Crippen LogP contribution in [0, 0.1) is 5.92 Å². The fourth-order valence-corrected chi connectivity index (χ4v) is 2.86. The van der Waals surface area contributed by atoms with Crippen molar-refractivity contribution in [2.45, 2.75) is 39.0 Å². The maximum atomic E-state index is 12.4. The fraction of sp³-hybridized carbons (Fsp3) is 0.529. The average molecular weight is 314 g/mol. The van der Waals surface area contributed by atoms with E-state index in [1.807, 2.05) is 17.0 Å². The van der Waals surface area contributed by atoms with E-state index in [0.717, 1.165) is 25.1 Å². The van der Waals surface area contributed by atoms with E-state index >= 15 is 0 Å². The Morgan fingerprint density at radius 2 is 2.13 bits per heavy atom. The maximum Gasteiger partial charge on any atom is 0.272 e. The van der Waals surface area contributed by atoms with Crippen molar-refractivity contribution in [3.8, 4) is 0 Å². The van der Waals surface area contributed by atoms with Gasteiger partial charge in [0.1, 0.15) is 5.69 Å². The van der Waals surface area contributed by atoms with Crippen molar-refractivity contribution in [1.29, 1.82) is 0 Å². The van der Waals surface area contributed by atoms with Gasteiger partial charge < -0.3 is 9.42 Å². The van der Waals surface area contributed by atoms with Crippen LogP contribution in [-0.2, 0) is 6.42 Å². The Kier molecular flexibility index (Phi) is 4.69. The molecule has 2 aromatic heterocycles. The number of carbonyl (C=O) groups excluding carboxylic acids is 1. The van der Waals surface area contributed by atoms with Gasteiger partial charge in [0.05, 0.1) is 0 Å². The lowest BCUT2D eigenvalue weighted by molar-refractivity contribution is 0.0698. The normalized spacial score (nSPS) is 16.0. The lowest BCUT2D eigenvalue weighted by Gasteiger charge is -2.30. The van der Waals surface area contributed by atoms with Crippen LogP contribution in [0.2, 0.25) is 0 Å². The summed E-state index contributed by atoms with van der Waals surface area (Å²) in [6, 6.07) is 5.40. The van der Waals surface area contributed by atoms with Gasteiger partial charge in [-0.1, -0.05) is 25.1 Å². The summed E-state index contributed by atoms with van der Waals surface area (Å²) < 4.78 is 5.41. The van der Waals surface area contributed by atoms with Crippen LogP contribution >= 0.6 is 0 Å². The lowest BCUT2D eigenvalue weighted by atomic mass is 9.96. The first-order valence-electron chi connectivity index (χ1n) is 8.16. The summed E-state index contributed by atoms with van der Waals surface area (Å²) in [5, 5.41) is 4.06. The zero-order chi connectivity index (χ0) is 16.2. The number of likely N-dealkylation sites (tertiary alicyclic amines) is 1. The minimum Gasteiger partial charge on any atom is -0.339 e. The molecule has 0 atom stereocenters. The Morgan fingerprint density at radius 1 is 1.35 bits per heavy atom. The number of pyridine rings is 1. The predicted octanol–water partition coefficient (Wildman–Crippen LogP) is 2.68. The largest absolute Gasteiger partial charge is 0.339 e. The highest BCUT2D eigenvalue weighted by atomic mass is 16.5. The second-order valence-electron chi connectivity index (χ2n) is 6.43. The van der Waals surface area contributed by atoms with Crippen molar-refractivity contribution < 1.29 is 9.32 Å². The van der Waals surface area contributed by atoms with Crippen molar-refractivity contribution >= 4 is 5.91 Å². The van der Waals surface area contributed by atoms with Gasteiger partial charge in [0.15, 0.2) is 5.82 Å². The highest BCUT2D eigenvalue weighted by Gasteiger charge is 2.28. The third kappa shape index (κ3) is 3.75. The van der Waals surface area contributed by atoms with Crippen LogP contribution in [0.3, 0.4) is 0 Å². The van der Waals surface area contributed by atoms with Crippen molar-refractivity contribution in [2.24, 2.45) is 5.92 Å². The Hall–Kier alpha value is -2.24. The predicted molar refractivity (Wildman–Crippen MR) is 85.0 cm³/mol. The highest BCUT2D eigenvalue weighted by Crippen LogP contribution is 2.27. The van der Waals surface area contributed by atoms with Crippen LogP contribution in [0.15, 0.2) is 28.9 Å². The third-order valence-electron chi connectivity index (χ3n) is 4.09. The van der Waals surface area contributed by atoms with E-state index in [1.54, 1.807) is 12.3 Å². The number of nitrogens with zero attached hydrogens (tertiary/aromatic N) is 4. The van der Waals surface area contributed by atoms with Gasteiger partial charge in [-0.2, -0.15) is 4.98 Å². The number of aromatic nitrogens is 3. The van der Waals surface area contributed by atoms with Gasteiger partial charge in [-0.25, -0.2) is 0 Å². The molecule has 6 heteroatoms. The van der Waals surface area contributed by atoms with Crippen LogP contribution in [0.4, 0.5) is 0 Å². The zero-order valence-corrected chi connectivity index (χ0v) is 13.6. The van der Waals surface area contributed by atoms with Crippen LogP contribution < -0.4 is 0 Å². The van der Waals surface area contributed by atoms with Crippen molar-refractivity contribution in [3.63, 3.8) is 0 Å². The zero-order valence-electron chi connectivity index (χ0n) is 13.6. The Balaban J connectivity index is 1.58. The average Bonchev–Trinajstić information content (AvgIpc) is 3.03. The molecule has 0 aromatic carbocycles. The summed E-state index contributed by atoms with van der Waals surface area (Å²) in [5.74, 6) is 2.25. The van der Waals surface area contributed by atoms with Gasteiger partial charge in [0.2, 0.25) is 5.89 Å². The van der Waals surface area contributed by atoms with Crippen molar-refractivity contribution in [1.82, 2.24) is 20.0 Å². The molecule has 0 aliphatic carbocycles. The quantitative estimate of drug-likeness (QED) is 0.867. The minimum absolute atomic E-state index is 0.00456. The lowest BCUT2D eigenvalue weighted by Crippen LogP contribution is -2.38. The topological polar surface area (TPSA) is 72.1 Å². The van der Waals surface area contributed by atoms with Crippen LogP contribution in [-0.4, -0.2) is 39.0 Å². The van der Waals surface area contributed by atoms with Gasteiger partial charge in [-0.05, 0) is 30.9 Å². The van der Waals surface area contributed by atoms with E-state index in [-0.39, 0.29) is 11.8 Å². The van der Waals surface area contributed by atoms with Gasteiger partial charge in [-0.3, -0.25) is 9.78 Å². The molecular weight excluding hydrogens is 292 g/mol. The first kappa shape index (κ1) is 15.6. The molecule has 3 heterocycles. The first-order chi connectivity index (χ1) is 11.1. The van der Waals surface area contributed by atoms with Crippen LogP contribution in [0.25, 0.3) is 0 Å². The number of carbonyl (C=O) groups is 1. The molecule has 1 aliphatic rings. The summed E-state index contributed by atoms with van der Waals surface area (Å²) in [7, 11) is 0. The van der Waals surface area contributed by atoms with Gasteiger partial charge >= 0.3 is 0 Å². The number of hydrogen-bond acceptors (Lipinski definition) is 5. The number of amides is 1. The van der Waals surface area contributed by atoms with Crippen molar-refractivity contribution in [2.75, 3.05) is 13.1 Å². The van der Waals surface area contributed by atoms with E-state index in [9.17, 15) is 4.79 Å². The van der Waals surface area contributed by atoms with Gasteiger partial charge in [-0.15, -0.1) is 0 Å². The molecule has 122 valence electrons. The fourth-order valence-electron chi connectivity index (χ4n) is 2.86. The summed E-state index contributed by atoms with van der Waals surface area (Å²) in [6.07, 6.45) is 4.18. The second kappa shape index (κ2) is 6.89. The maximum absolute atomic E-state index is 12.4. The molecule has 1 saturated heterocycles. The standard InChI is InChI=1S/C17H22N4O2/c1-12(2)11-15-19-16(23-20-15)13-6-9-21(10-7-13)17(22)14-5-3-4-8-18-14/h3-5,8,12-13H,6-7,9-11H2,1-2H3. The van der Waals surface area contributed by atoms with E-state index in [2.05, 4.69) is 29.0 Å². The second-order valence-corrected chi connectivity index (χ2v) is 6.43. The molecule has 6 nitrogen and oxygen atoms in total. The third-order valence-corrected chi connectivity index (χ3v) is 4.09. The van der Waals surface area contributed by atoms with E-state index in [0.29, 0.717) is 30.6 Å². The Labute approximate surface area is 135 Å². The molecule has 3 rings (SSSR count). The molecule has 1 aliphatic heterocycles. The molecule has 0 radical (unpaired) electrons. The SMILES string of the molecule is CC(C)Cc1noc(C2CCN(C(=O)c3ccccn3)CC2)n1. The summed E-state index contributed by atoms with van der Waals surface area (Å²) in [5.41, 5.74) is 0.503. The van der Waals surface area contributed by atoms with E-state index < -0.39 is 0 Å². The van der Waals surface area contributed by atoms with E-state index in [4.69, 9.17) is 4.52 Å². The highest BCUT2D eigenvalue weighted by molar-refractivity contribution is 5.92. The Morgan fingerprint density at radius 3 is 2.78 bits per heavy atom. The van der Waals surface area contributed by atoms with Crippen LogP contribution in [0.5, 0.6) is 0 Å². The summed E-state index contributed by atoms with van der Waals surface area (Å²) >= 11 is 0. The van der Waals surface area contributed by atoms with Gasteiger partial charge in [0.25, 0.3) is 5.91 Å². The molecule has 0 bridgehead atoms. The van der Waals surface area contributed by atoms with Gasteiger partial charge in [0, 0.05) is 31.6 Å². The molecule has 1 fully saturated rings. The molecule has 0 N–H and O–H groups in total. The molecule has 0 spiro atoms. The molecule has 23 heavy (non-hydrogen) atoms. The monoisotopic (exact) mass is 314 g/mol. The Bertz CT molecular complexity index is 646. The first-order valence-corrected chi connectivity index (χ1v) is 8.16. The summed E-state index contributed by atoms with van der Waals surface area (Å²) in [4.78, 5) is 22.9. The summed E-state index contributed by atoms with van der Waals surface area (Å²) in [6.45, 7) is 5.67. The molecule has 0 unspecified atom stereocenters. The van der Waals surface area contributed by atoms with E-state index in [1.165, 1.54) is 0 Å². The molecule has 2 aromatic rings. The molecule has 1 amide bonds. The number of piperidine rings is 1. The van der Waals surface area contributed by atoms with Crippen molar-refractivity contribution in [3.05, 3.63) is 41.8 Å². The molecular formula is C17H22N4O2.